The van der Waals surface area contributed by atoms with Crippen molar-refractivity contribution in [2.75, 3.05) is 32.1 Å². The molecule has 2 aromatic rings. The molecule has 0 saturated carbocycles. The Bertz CT molecular complexity index is 848. The Balaban J connectivity index is 1.48. The van der Waals surface area contributed by atoms with Gasteiger partial charge in [0, 0.05) is 57.7 Å². The Kier molecular flexibility index (Phi) is 4.80. The number of fused-ring (bicyclic) bond motifs is 2. The molecule has 1 unspecified atom stereocenters. The average Bonchev–Trinajstić information content (AvgIpc) is 3.23. The SMILES string of the molecule is CN(C)c1ncc2c(n1)C1(CCCN(C(=O)CCc3cc(Cl)no3)C1)CC2. The van der Waals surface area contributed by atoms with E-state index in [0.29, 0.717) is 23.8 Å². The first-order valence-corrected chi connectivity index (χ1v) is 9.77. The number of aromatic nitrogens is 3. The van der Waals surface area contributed by atoms with Crippen molar-refractivity contribution in [1.82, 2.24) is 20.0 Å². The first kappa shape index (κ1) is 18.2. The van der Waals surface area contributed by atoms with Gasteiger partial charge >= 0.3 is 0 Å². The number of hydrogen-bond donors (Lipinski definition) is 0. The van der Waals surface area contributed by atoms with E-state index in [4.69, 9.17) is 21.1 Å². The third-order valence-corrected chi connectivity index (χ3v) is 5.85. The second-order valence-corrected chi connectivity index (χ2v) is 8.14. The molecule has 1 amide bonds. The highest BCUT2D eigenvalue weighted by Crippen LogP contribution is 2.44. The van der Waals surface area contributed by atoms with Crippen molar-refractivity contribution in [2.24, 2.45) is 0 Å². The number of carbonyl (C=O) groups is 1. The minimum Gasteiger partial charge on any atom is -0.360 e. The zero-order valence-corrected chi connectivity index (χ0v) is 16.5. The Morgan fingerprint density at radius 2 is 2.26 bits per heavy atom. The smallest absolute Gasteiger partial charge is 0.225 e. The highest BCUT2D eigenvalue weighted by Gasteiger charge is 2.44. The van der Waals surface area contributed by atoms with E-state index in [1.54, 1.807) is 6.07 Å². The zero-order valence-electron chi connectivity index (χ0n) is 15.7. The van der Waals surface area contributed by atoms with E-state index < -0.39 is 0 Å². The summed E-state index contributed by atoms with van der Waals surface area (Å²) in [5.41, 5.74) is 2.33. The van der Waals surface area contributed by atoms with Crippen LogP contribution < -0.4 is 4.90 Å². The molecule has 4 rings (SSSR count). The second kappa shape index (κ2) is 7.11. The predicted octanol–water partition coefficient (Wildman–Crippen LogP) is 2.62. The summed E-state index contributed by atoms with van der Waals surface area (Å²) in [6, 6.07) is 1.67. The largest absolute Gasteiger partial charge is 0.360 e. The van der Waals surface area contributed by atoms with Gasteiger partial charge in [-0.15, -0.1) is 0 Å². The van der Waals surface area contributed by atoms with E-state index in [0.717, 1.165) is 50.4 Å². The van der Waals surface area contributed by atoms with Gasteiger partial charge in [-0.05, 0) is 31.2 Å². The molecule has 2 aliphatic rings. The van der Waals surface area contributed by atoms with Crippen molar-refractivity contribution in [2.45, 2.75) is 43.9 Å². The lowest BCUT2D eigenvalue weighted by atomic mass is 9.77. The van der Waals surface area contributed by atoms with E-state index in [9.17, 15) is 4.79 Å². The van der Waals surface area contributed by atoms with Crippen molar-refractivity contribution in [1.29, 1.82) is 0 Å². The van der Waals surface area contributed by atoms with Crippen molar-refractivity contribution >= 4 is 23.5 Å². The average molecular weight is 390 g/mol. The number of anilines is 1. The van der Waals surface area contributed by atoms with E-state index in [2.05, 4.69) is 10.1 Å². The molecule has 1 atom stereocenters. The number of aryl methyl sites for hydroxylation is 2. The second-order valence-electron chi connectivity index (χ2n) is 7.75. The maximum atomic E-state index is 12.8. The third kappa shape index (κ3) is 3.52. The number of halogens is 1. The van der Waals surface area contributed by atoms with Crippen LogP contribution in [-0.2, 0) is 23.1 Å². The molecule has 1 aliphatic carbocycles. The fourth-order valence-electron chi connectivity index (χ4n) is 4.28. The van der Waals surface area contributed by atoms with Crippen LogP contribution in [-0.4, -0.2) is 53.1 Å². The van der Waals surface area contributed by atoms with Gasteiger partial charge in [0.15, 0.2) is 5.15 Å². The van der Waals surface area contributed by atoms with Crippen LogP contribution in [0.5, 0.6) is 0 Å². The van der Waals surface area contributed by atoms with Gasteiger partial charge < -0.3 is 14.3 Å². The number of hydrogen-bond acceptors (Lipinski definition) is 6. The van der Waals surface area contributed by atoms with Crippen LogP contribution in [0.15, 0.2) is 16.8 Å². The van der Waals surface area contributed by atoms with Gasteiger partial charge in [0.2, 0.25) is 11.9 Å². The van der Waals surface area contributed by atoms with E-state index >= 15 is 0 Å². The van der Waals surface area contributed by atoms with Crippen LogP contribution in [0.1, 0.15) is 42.7 Å². The van der Waals surface area contributed by atoms with Gasteiger partial charge in [-0.1, -0.05) is 16.8 Å². The first-order chi connectivity index (χ1) is 13.0. The molecular weight excluding hydrogens is 366 g/mol. The summed E-state index contributed by atoms with van der Waals surface area (Å²) in [5.74, 6) is 1.53. The molecule has 1 saturated heterocycles. The van der Waals surface area contributed by atoms with Crippen molar-refractivity contribution in [3.8, 4) is 0 Å². The number of carbonyl (C=O) groups excluding carboxylic acids is 1. The van der Waals surface area contributed by atoms with Crippen LogP contribution >= 0.6 is 11.6 Å². The molecule has 27 heavy (non-hydrogen) atoms. The fourth-order valence-corrected chi connectivity index (χ4v) is 4.44. The molecule has 144 valence electrons. The quantitative estimate of drug-likeness (QED) is 0.800. The third-order valence-electron chi connectivity index (χ3n) is 5.67. The number of nitrogens with zero attached hydrogens (tertiary/aromatic N) is 5. The number of amides is 1. The lowest BCUT2D eigenvalue weighted by Crippen LogP contribution is -2.48. The van der Waals surface area contributed by atoms with Crippen molar-refractivity contribution < 1.29 is 9.32 Å². The molecule has 0 radical (unpaired) electrons. The lowest BCUT2D eigenvalue weighted by Gasteiger charge is -2.40. The van der Waals surface area contributed by atoms with Gasteiger partial charge in [0.05, 0.1) is 5.69 Å². The Hall–Kier alpha value is -2.15. The summed E-state index contributed by atoms with van der Waals surface area (Å²) < 4.78 is 5.10. The van der Waals surface area contributed by atoms with E-state index in [1.165, 1.54) is 5.56 Å². The predicted molar refractivity (Wildman–Crippen MR) is 102 cm³/mol. The molecule has 3 heterocycles. The fraction of sp³-hybridized carbons (Fsp3) is 0.579. The topological polar surface area (TPSA) is 75.4 Å². The number of rotatable bonds is 4. The summed E-state index contributed by atoms with van der Waals surface area (Å²) in [6.45, 7) is 1.54. The maximum Gasteiger partial charge on any atom is 0.225 e. The highest BCUT2D eigenvalue weighted by atomic mass is 35.5. The van der Waals surface area contributed by atoms with Crippen LogP contribution in [0.25, 0.3) is 0 Å². The molecule has 0 bridgehead atoms. The normalized spacial score (nSPS) is 21.5. The van der Waals surface area contributed by atoms with Gasteiger partial charge in [0.25, 0.3) is 0 Å². The van der Waals surface area contributed by atoms with Crippen molar-refractivity contribution in [3.05, 3.63) is 34.4 Å². The zero-order chi connectivity index (χ0) is 19.0. The lowest BCUT2D eigenvalue weighted by molar-refractivity contribution is -0.133. The summed E-state index contributed by atoms with van der Waals surface area (Å²) in [7, 11) is 3.91. The van der Waals surface area contributed by atoms with Gasteiger partial charge in [0.1, 0.15) is 5.76 Å². The molecule has 1 fully saturated rings. The van der Waals surface area contributed by atoms with E-state index in [-0.39, 0.29) is 11.3 Å². The summed E-state index contributed by atoms with van der Waals surface area (Å²) in [6.07, 6.45) is 6.98. The minimum atomic E-state index is -0.0352. The first-order valence-electron chi connectivity index (χ1n) is 9.39. The van der Waals surface area contributed by atoms with Gasteiger partial charge in [-0.3, -0.25) is 4.79 Å². The Labute approximate surface area is 163 Å². The standard InChI is InChI=1S/C19H24ClN5O2/c1-24(2)18-21-11-13-6-8-19(17(13)22-18)7-3-9-25(12-19)16(26)5-4-14-10-15(20)23-27-14/h10-11H,3-9,12H2,1-2H3. The highest BCUT2D eigenvalue weighted by molar-refractivity contribution is 6.29. The summed E-state index contributed by atoms with van der Waals surface area (Å²) in [4.78, 5) is 26.0. The molecule has 7 nitrogen and oxygen atoms in total. The number of likely N-dealkylation sites (tertiary alicyclic amines) is 1. The molecule has 0 aromatic carbocycles. The van der Waals surface area contributed by atoms with Crippen LogP contribution in [0.2, 0.25) is 5.15 Å². The van der Waals surface area contributed by atoms with Crippen LogP contribution in [0.3, 0.4) is 0 Å². The molecule has 1 aliphatic heterocycles. The summed E-state index contributed by atoms with van der Waals surface area (Å²) >= 11 is 5.77. The van der Waals surface area contributed by atoms with Gasteiger partial charge in [-0.25, -0.2) is 9.97 Å². The maximum absolute atomic E-state index is 12.8. The molecular formula is C19H24ClN5O2. The van der Waals surface area contributed by atoms with Crippen LogP contribution in [0, 0.1) is 0 Å². The van der Waals surface area contributed by atoms with Crippen LogP contribution in [0.4, 0.5) is 5.95 Å². The number of piperidine rings is 1. The van der Waals surface area contributed by atoms with Gasteiger partial charge in [-0.2, -0.15) is 0 Å². The van der Waals surface area contributed by atoms with E-state index in [1.807, 2.05) is 30.1 Å². The van der Waals surface area contributed by atoms with Crippen molar-refractivity contribution in [3.63, 3.8) is 0 Å². The monoisotopic (exact) mass is 389 g/mol. The Morgan fingerprint density at radius 1 is 1.41 bits per heavy atom. The molecule has 0 N–H and O–H groups in total. The Morgan fingerprint density at radius 3 is 3.00 bits per heavy atom. The summed E-state index contributed by atoms with van der Waals surface area (Å²) in [5, 5.41) is 3.99. The molecule has 8 heteroatoms. The minimum absolute atomic E-state index is 0.0352. The molecule has 1 spiro atoms. The molecule has 2 aromatic heterocycles.